The Balaban J connectivity index is 2.25. The second-order valence-corrected chi connectivity index (χ2v) is 5.83. The van der Waals surface area contributed by atoms with E-state index in [0.29, 0.717) is 0 Å². The molecule has 1 N–H and O–H groups in total. The van der Waals surface area contributed by atoms with E-state index in [2.05, 4.69) is 12.6 Å². The molecule has 2 rings (SSSR count). The lowest BCUT2D eigenvalue weighted by atomic mass is 9.96. The van der Waals surface area contributed by atoms with Crippen molar-refractivity contribution in [1.29, 1.82) is 0 Å². The molecule has 1 aliphatic heterocycles. The van der Waals surface area contributed by atoms with Gasteiger partial charge in [0.15, 0.2) is 0 Å². The van der Waals surface area contributed by atoms with Crippen molar-refractivity contribution in [3.05, 3.63) is 35.9 Å². The van der Waals surface area contributed by atoms with Crippen LogP contribution in [0, 0.1) is 5.92 Å². The minimum atomic E-state index is -4.74. The van der Waals surface area contributed by atoms with Gasteiger partial charge >= 0.3 is 12.1 Å². The van der Waals surface area contributed by atoms with Gasteiger partial charge in [0.1, 0.15) is 12.0 Å². The molecule has 1 fully saturated rings. The van der Waals surface area contributed by atoms with Crippen LogP contribution in [0.3, 0.4) is 0 Å². The number of halogens is 3. The number of nitrogens with zero attached hydrogens (tertiary/aromatic N) is 1. The highest BCUT2D eigenvalue weighted by Gasteiger charge is 2.50. The zero-order valence-electron chi connectivity index (χ0n) is 12.0. The quantitative estimate of drug-likeness (QED) is 0.823. The summed E-state index contributed by atoms with van der Waals surface area (Å²) in [5.41, 5.74) is 0.809. The van der Waals surface area contributed by atoms with Gasteiger partial charge in [-0.15, -0.1) is 0 Å². The zero-order valence-corrected chi connectivity index (χ0v) is 12.9. The van der Waals surface area contributed by atoms with E-state index in [1.54, 1.807) is 30.3 Å². The minimum Gasteiger partial charge on any atom is -0.480 e. The number of likely N-dealkylation sites (tertiary alicyclic amines) is 1. The number of rotatable bonds is 4. The molecule has 1 heterocycles. The summed E-state index contributed by atoms with van der Waals surface area (Å²) in [5.74, 6) is -5.81. The number of carboxylic acids is 1. The molecule has 1 amide bonds. The summed E-state index contributed by atoms with van der Waals surface area (Å²) < 4.78 is 38.8. The largest absolute Gasteiger partial charge is 0.480 e. The van der Waals surface area contributed by atoms with Crippen LogP contribution < -0.4 is 0 Å². The second-order valence-electron chi connectivity index (χ2n) is 5.46. The Morgan fingerprint density at radius 3 is 2.39 bits per heavy atom. The van der Waals surface area contributed by atoms with Crippen molar-refractivity contribution in [2.24, 2.45) is 5.92 Å². The maximum absolute atomic E-state index is 12.9. The van der Waals surface area contributed by atoms with E-state index >= 15 is 0 Å². The highest BCUT2D eigenvalue weighted by molar-refractivity contribution is 7.80. The molecule has 0 aromatic heterocycles. The number of alkyl halides is 3. The Hall–Kier alpha value is -1.70. The molecule has 126 valence electrons. The number of carbonyl (C=O) groups excluding carboxylic acids is 1. The SMILES string of the molecule is O=C(O)[C@@H]1CC(c2ccccc2)CN1C(=O)C(CS)C(F)(F)F. The van der Waals surface area contributed by atoms with Crippen LogP contribution in [-0.2, 0) is 9.59 Å². The van der Waals surface area contributed by atoms with Crippen molar-refractivity contribution in [1.82, 2.24) is 4.90 Å². The van der Waals surface area contributed by atoms with Crippen LogP contribution in [0.5, 0.6) is 0 Å². The average molecular weight is 347 g/mol. The Bertz CT molecular complexity index is 579. The molecule has 2 unspecified atom stereocenters. The Kier molecular flexibility index (Phi) is 5.23. The first-order chi connectivity index (χ1) is 10.8. The maximum Gasteiger partial charge on any atom is 0.401 e. The van der Waals surface area contributed by atoms with Gasteiger partial charge in [0, 0.05) is 18.2 Å². The molecule has 1 aliphatic rings. The van der Waals surface area contributed by atoms with Gasteiger partial charge in [-0.05, 0) is 12.0 Å². The number of hydrogen-bond acceptors (Lipinski definition) is 3. The standard InChI is InChI=1S/C15H16F3NO3S/c16-15(17,18)11(8-23)13(20)19-7-10(6-12(19)14(21)22)9-4-2-1-3-5-9/h1-5,10-12,23H,6-8H2,(H,21,22)/t10?,11?,12-/m0/s1. The third-order valence-corrected chi connectivity index (χ3v) is 4.38. The van der Waals surface area contributed by atoms with Crippen LogP contribution in [0.15, 0.2) is 30.3 Å². The van der Waals surface area contributed by atoms with E-state index in [1.807, 2.05) is 0 Å². The van der Waals surface area contributed by atoms with Crippen LogP contribution in [-0.4, -0.2) is 46.4 Å². The van der Waals surface area contributed by atoms with Gasteiger partial charge in [0.2, 0.25) is 5.91 Å². The molecular weight excluding hydrogens is 331 g/mol. The van der Waals surface area contributed by atoms with Gasteiger partial charge in [0.05, 0.1) is 0 Å². The maximum atomic E-state index is 12.9. The number of aliphatic carboxylic acids is 1. The van der Waals surface area contributed by atoms with Crippen molar-refractivity contribution in [3.8, 4) is 0 Å². The summed E-state index contributed by atoms with van der Waals surface area (Å²) >= 11 is 3.60. The van der Waals surface area contributed by atoms with Crippen LogP contribution in [0.25, 0.3) is 0 Å². The van der Waals surface area contributed by atoms with Gasteiger partial charge in [-0.2, -0.15) is 25.8 Å². The molecule has 0 radical (unpaired) electrons. The third kappa shape index (κ3) is 3.80. The monoisotopic (exact) mass is 347 g/mol. The Morgan fingerprint density at radius 2 is 1.91 bits per heavy atom. The first-order valence-electron chi connectivity index (χ1n) is 7.01. The molecule has 0 aliphatic carbocycles. The predicted octanol–water partition coefficient (Wildman–Crippen LogP) is 2.56. The van der Waals surface area contributed by atoms with E-state index in [-0.39, 0.29) is 18.9 Å². The van der Waals surface area contributed by atoms with Crippen LogP contribution >= 0.6 is 12.6 Å². The van der Waals surface area contributed by atoms with Crippen molar-refractivity contribution < 1.29 is 27.9 Å². The lowest BCUT2D eigenvalue weighted by Crippen LogP contribution is -2.48. The summed E-state index contributed by atoms with van der Waals surface area (Å²) in [7, 11) is 0. The average Bonchev–Trinajstić information content (AvgIpc) is 2.92. The molecule has 1 aromatic rings. The smallest absolute Gasteiger partial charge is 0.401 e. The lowest BCUT2D eigenvalue weighted by molar-refractivity contribution is -0.186. The summed E-state index contributed by atoms with van der Waals surface area (Å²) in [6.07, 6.45) is -4.64. The summed E-state index contributed by atoms with van der Waals surface area (Å²) in [4.78, 5) is 24.4. The number of hydrogen-bond donors (Lipinski definition) is 2. The van der Waals surface area contributed by atoms with E-state index in [1.165, 1.54) is 0 Å². The van der Waals surface area contributed by atoms with E-state index in [4.69, 9.17) is 0 Å². The van der Waals surface area contributed by atoms with E-state index in [0.717, 1.165) is 10.5 Å². The third-order valence-electron chi connectivity index (χ3n) is 4.02. The first-order valence-corrected chi connectivity index (χ1v) is 7.64. The molecule has 8 heteroatoms. The molecular formula is C15H16F3NO3S. The van der Waals surface area contributed by atoms with Gasteiger partial charge in [-0.3, -0.25) is 4.79 Å². The highest BCUT2D eigenvalue weighted by atomic mass is 32.1. The summed E-state index contributed by atoms with van der Waals surface area (Å²) in [6.45, 7) is -0.0415. The number of benzene rings is 1. The summed E-state index contributed by atoms with van der Waals surface area (Å²) in [5, 5.41) is 9.26. The lowest BCUT2D eigenvalue weighted by Gasteiger charge is -2.27. The second kappa shape index (κ2) is 6.82. The number of carboxylic acid groups (broad SMARTS) is 1. The van der Waals surface area contributed by atoms with Crippen LogP contribution in [0.2, 0.25) is 0 Å². The van der Waals surface area contributed by atoms with Gasteiger partial charge in [0.25, 0.3) is 0 Å². The van der Waals surface area contributed by atoms with E-state index in [9.17, 15) is 27.9 Å². The topological polar surface area (TPSA) is 57.6 Å². The normalized spacial score (nSPS) is 22.9. The molecule has 1 aromatic carbocycles. The predicted molar refractivity (Wildman–Crippen MR) is 80.3 cm³/mol. The number of thiol groups is 1. The van der Waals surface area contributed by atoms with Crippen LogP contribution in [0.4, 0.5) is 13.2 Å². The molecule has 0 bridgehead atoms. The van der Waals surface area contributed by atoms with Crippen molar-refractivity contribution in [2.45, 2.75) is 24.6 Å². The molecule has 1 saturated heterocycles. The molecule has 4 nitrogen and oxygen atoms in total. The van der Waals surface area contributed by atoms with Crippen molar-refractivity contribution in [3.63, 3.8) is 0 Å². The van der Waals surface area contributed by atoms with Gasteiger partial charge < -0.3 is 10.0 Å². The Labute approximate surface area is 136 Å². The zero-order chi connectivity index (χ0) is 17.2. The Morgan fingerprint density at radius 1 is 1.30 bits per heavy atom. The number of amides is 1. The molecule has 0 saturated carbocycles. The van der Waals surface area contributed by atoms with E-state index < -0.39 is 35.8 Å². The minimum absolute atomic E-state index is 0.0415. The molecule has 0 spiro atoms. The summed E-state index contributed by atoms with van der Waals surface area (Å²) in [6, 6.07) is 7.62. The molecule has 23 heavy (non-hydrogen) atoms. The fourth-order valence-electron chi connectivity index (χ4n) is 2.80. The number of carbonyl (C=O) groups is 2. The van der Waals surface area contributed by atoms with Crippen molar-refractivity contribution in [2.75, 3.05) is 12.3 Å². The fraction of sp³-hybridized carbons (Fsp3) is 0.467. The van der Waals surface area contributed by atoms with Crippen molar-refractivity contribution >= 4 is 24.5 Å². The van der Waals surface area contributed by atoms with Gasteiger partial charge in [-0.1, -0.05) is 30.3 Å². The molecule has 3 atom stereocenters. The highest BCUT2D eigenvalue weighted by Crippen LogP contribution is 2.36. The fourth-order valence-corrected chi connectivity index (χ4v) is 3.17. The van der Waals surface area contributed by atoms with Gasteiger partial charge in [-0.25, -0.2) is 4.79 Å². The first kappa shape index (κ1) is 17.7. The van der Waals surface area contributed by atoms with Crippen LogP contribution in [0.1, 0.15) is 17.9 Å².